The molecule has 142 valence electrons. The summed E-state index contributed by atoms with van der Waals surface area (Å²) < 4.78 is 2.23. The lowest BCUT2D eigenvalue weighted by Crippen LogP contribution is -2.39. The summed E-state index contributed by atoms with van der Waals surface area (Å²) in [6, 6.07) is 9.06. The van der Waals surface area contributed by atoms with Crippen LogP contribution in [0.25, 0.3) is 0 Å². The Morgan fingerprint density at radius 2 is 2.26 bits per heavy atom. The number of amides is 1. The molecular weight excluding hydrogens is 338 g/mol. The van der Waals surface area contributed by atoms with E-state index in [-0.39, 0.29) is 11.8 Å². The maximum Gasteiger partial charge on any atom is 0.253 e. The lowest BCUT2D eigenvalue weighted by molar-refractivity contribution is 0.0703. The number of carbonyl (C=O) groups is 1. The zero-order chi connectivity index (χ0) is 19.2. The highest BCUT2D eigenvalue weighted by Crippen LogP contribution is 2.27. The highest BCUT2D eigenvalue weighted by Gasteiger charge is 2.28. The van der Waals surface area contributed by atoms with Crippen molar-refractivity contribution in [2.75, 3.05) is 33.7 Å². The molecule has 2 heterocycles. The molecule has 0 unspecified atom stereocenters. The van der Waals surface area contributed by atoms with Crippen molar-refractivity contribution in [3.63, 3.8) is 0 Å². The largest absolute Gasteiger partial charge is 0.338 e. The van der Waals surface area contributed by atoms with Crippen molar-refractivity contribution in [1.29, 1.82) is 5.26 Å². The van der Waals surface area contributed by atoms with Crippen LogP contribution in [0.15, 0.2) is 36.7 Å². The summed E-state index contributed by atoms with van der Waals surface area (Å²) in [5.41, 5.74) is 1.11. The van der Waals surface area contributed by atoms with Gasteiger partial charge in [0, 0.05) is 43.5 Å². The van der Waals surface area contributed by atoms with Crippen LogP contribution in [0.2, 0.25) is 0 Å². The van der Waals surface area contributed by atoms with Crippen LogP contribution in [0, 0.1) is 11.3 Å². The standard InChI is InChI=1S/C21H27N5O/c1-24(2)10-5-12-25-13-9-23-20(25)19-8-4-11-26(16-19)21(27)18-7-3-6-17(14-18)15-22/h3,6-7,9,13-14,19H,4-5,8,10-12,16H2,1-2H3/t19-/m1/s1. The molecule has 0 aliphatic carbocycles. The van der Waals surface area contributed by atoms with E-state index >= 15 is 0 Å². The second-order valence-electron chi connectivity index (χ2n) is 7.42. The van der Waals surface area contributed by atoms with Crippen molar-refractivity contribution in [3.8, 4) is 6.07 Å². The van der Waals surface area contributed by atoms with E-state index in [2.05, 4.69) is 34.6 Å². The van der Waals surface area contributed by atoms with Crippen LogP contribution in [0.1, 0.15) is 46.9 Å². The van der Waals surface area contributed by atoms with Gasteiger partial charge in [0.05, 0.1) is 11.6 Å². The summed E-state index contributed by atoms with van der Waals surface area (Å²) in [5.74, 6) is 1.34. The van der Waals surface area contributed by atoms with E-state index in [1.165, 1.54) is 0 Å². The second-order valence-corrected chi connectivity index (χ2v) is 7.42. The van der Waals surface area contributed by atoms with Crippen molar-refractivity contribution in [2.45, 2.75) is 31.7 Å². The molecule has 1 aromatic heterocycles. The van der Waals surface area contributed by atoms with Crippen LogP contribution < -0.4 is 0 Å². The molecule has 0 radical (unpaired) electrons. The lowest BCUT2D eigenvalue weighted by Gasteiger charge is -2.33. The molecule has 1 fully saturated rings. The Bertz CT molecular complexity index is 820. The van der Waals surface area contributed by atoms with Gasteiger partial charge in [-0.25, -0.2) is 4.98 Å². The van der Waals surface area contributed by atoms with Gasteiger partial charge in [-0.05, 0) is 58.1 Å². The Labute approximate surface area is 161 Å². The van der Waals surface area contributed by atoms with Gasteiger partial charge in [-0.3, -0.25) is 4.79 Å². The van der Waals surface area contributed by atoms with Gasteiger partial charge in [0.25, 0.3) is 5.91 Å². The molecule has 0 N–H and O–H groups in total. The van der Waals surface area contributed by atoms with Gasteiger partial charge in [0.15, 0.2) is 0 Å². The normalized spacial score (nSPS) is 17.1. The molecule has 3 rings (SSSR count). The minimum Gasteiger partial charge on any atom is -0.338 e. The van der Waals surface area contributed by atoms with E-state index in [1.54, 1.807) is 24.3 Å². The van der Waals surface area contributed by atoms with E-state index in [0.717, 1.165) is 44.7 Å². The van der Waals surface area contributed by atoms with E-state index < -0.39 is 0 Å². The number of likely N-dealkylation sites (tertiary alicyclic amines) is 1. The molecule has 27 heavy (non-hydrogen) atoms. The van der Waals surface area contributed by atoms with E-state index in [0.29, 0.717) is 17.7 Å². The maximum absolute atomic E-state index is 12.9. The van der Waals surface area contributed by atoms with Gasteiger partial charge in [0.1, 0.15) is 5.82 Å². The Balaban J connectivity index is 1.68. The number of benzene rings is 1. The average Bonchev–Trinajstić information content (AvgIpc) is 3.16. The second kappa shape index (κ2) is 8.83. The molecule has 0 saturated carbocycles. The van der Waals surface area contributed by atoms with Crippen LogP contribution in [-0.4, -0.2) is 59.0 Å². The van der Waals surface area contributed by atoms with E-state index in [4.69, 9.17) is 5.26 Å². The van der Waals surface area contributed by atoms with E-state index in [1.807, 2.05) is 17.3 Å². The molecule has 2 aromatic rings. The molecule has 6 nitrogen and oxygen atoms in total. The summed E-state index contributed by atoms with van der Waals surface area (Å²) in [7, 11) is 4.17. The number of imidazole rings is 1. The van der Waals surface area contributed by atoms with E-state index in [9.17, 15) is 4.79 Å². The minimum absolute atomic E-state index is 0.00233. The van der Waals surface area contributed by atoms with Gasteiger partial charge in [0.2, 0.25) is 0 Å². The molecule has 1 amide bonds. The lowest BCUT2D eigenvalue weighted by atomic mass is 9.96. The Kier molecular flexibility index (Phi) is 6.25. The van der Waals surface area contributed by atoms with Gasteiger partial charge >= 0.3 is 0 Å². The monoisotopic (exact) mass is 365 g/mol. The number of aromatic nitrogens is 2. The predicted molar refractivity (Wildman–Crippen MR) is 104 cm³/mol. The zero-order valence-corrected chi connectivity index (χ0v) is 16.1. The first kappa shape index (κ1) is 19.1. The fraction of sp³-hybridized carbons (Fsp3) is 0.476. The summed E-state index contributed by atoms with van der Waals surface area (Å²) in [5, 5.41) is 9.07. The molecule has 0 spiro atoms. The topological polar surface area (TPSA) is 65.2 Å². The summed E-state index contributed by atoms with van der Waals surface area (Å²) in [6.07, 6.45) is 7.00. The Hall–Kier alpha value is -2.65. The number of carbonyl (C=O) groups excluding carboxylic acids is 1. The van der Waals surface area contributed by atoms with Gasteiger partial charge in [-0.2, -0.15) is 5.26 Å². The van der Waals surface area contributed by atoms with Crippen molar-refractivity contribution >= 4 is 5.91 Å². The predicted octanol–water partition coefficient (Wildman–Crippen LogP) is 2.73. The van der Waals surface area contributed by atoms with Gasteiger partial charge in [-0.15, -0.1) is 0 Å². The fourth-order valence-corrected chi connectivity index (χ4v) is 3.70. The van der Waals surface area contributed by atoms with Crippen molar-refractivity contribution in [3.05, 3.63) is 53.6 Å². The number of nitrogens with zero attached hydrogens (tertiary/aromatic N) is 5. The first-order valence-corrected chi connectivity index (χ1v) is 9.53. The molecule has 0 bridgehead atoms. The van der Waals surface area contributed by atoms with Crippen molar-refractivity contribution < 1.29 is 4.79 Å². The maximum atomic E-state index is 12.9. The molecule has 1 aromatic carbocycles. The minimum atomic E-state index is 0.00233. The van der Waals surface area contributed by atoms with Crippen LogP contribution in [0.4, 0.5) is 0 Å². The zero-order valence-electron chi connectivity index (χ0n) is 16.1. The first-order chi connectivity index (χ1) is 13.1. The number of hydrogen-bond donors (Lipinski definition) is 0. The highest BCUT2D eigenvalue weighted by atomic mass is 16.2. The molecule has 1 saturated heterocycles. The van der Waals surface area contributed by atoms with Gasteiger partial charge in [-0.1, -0.05) is 6.07 Å². The number of aryl methyl sites for hydroxylation is 1. The van der Waals surface area contributed by atoms with Crippen LogP contribution in [0.3, 0.4) is 0 Å². The fourth-order valence-electron chi connectivity index (χ4n) is 3.70. The van der Waals surface area contributed by atoms with Crippen LogP contribution >= 0.6 is 0 Å². The number of nitriles is 1. The third-order valence-electron chi connectivity index (χ3n) is 5.06. The summed E-state index contributed by atoms with van der Waals surface area (Å²) in [6.45, 7) is 3.43. The van der Waals surface area contributed by atoms with Gasteiger partial charge < -0.3 is 14.4 Å². The Morgan fingerprint density at radius 1 is 1.41 bits per heavy atom. The summed E-state index contributed by atoms with van der Waals surface area (Å²) in [4.78, 5) is 21.6. The highest BCUT2D eigenvalue weighted by molar-refractivity contribution is 5.94. The van der Waals surface area contributed by atoms with Crippen LogP contribution in [0.5, 0.6) is 0 Å². The molecular formula is C21H27N5O. The third-order valence-corrected chi connectivity index (χ3v) is 5.06. The Morgan fingerprint density at radius 3 is 3.04 bits per heavy atom. The van der Waals surface area contributed by atoms with Crippen molar-refractivity contribution in [1.82, 2.24) is 19.4 Å². The summed E-state index contributed by atoms with van der Waals surface area (Å²) >= 11 is 0. The number of rotatable bonds is 6. The quantitative estimate of drug-likeness (QED) is 0.789. The molecule has 1 atom stereocenters. The third kappa shape index (κ3) is 4.75. The van der Waals surface area contributed by atoms with Crippen LogP contribution in [-0.2, 0) is 6.54 Å². The van der Waals surface area contributed by atoms with Crippen molar-refractivity contribution in [2.24, 2.45) is 0 Å². The molecule has 1 aliphatic rings. The average molecular weight is 365 g/mol. The molecule has 1 aliphatic heterocycles. The molecule has 6 heteroatoms. The number of hydrogen-bond acceptors (Lipinski definition) is 4. The first-order valence-electron chi connectivity index (χ1n) is 9.53. The SMILES string of the molecule is CN(C)CCCn1ccnc1[C@@H]1CCCN(C(=O)c2cccc(C#N)c2)C1. The smallest absolute Gasteiger partial charge is 0.253 e. The number of piperidine rings is 1.